The van der Waals surface area contributed by atoms with Crippen molar-refractivity contribution >= 4 is 17.4 Å². The van der Waals surface area contributed by atoms with Gasteiger partial charge in [0.05, 0.1) is 5.02 Å². The number of hydrogen-bond acceptors (Lipinski definition) is 2. The Balaban J connectivity index is 2.19. The van der Waals surface area contributed by atoms with Crippen LogP contribution in [0.5, 0.6) is 5.75 Å². The second-order valence-corrected chi connectivity index (χ2v) is 4.70. The summed E-state index contributed by atoms with van der Waals surface area (Å²) in [5.74, 6) is 0.676. The van der Waals surface area contributed by atoms with Crippen LogP contribution < -0.4 is 10.5 Å². The largest absolute Gasteiger partial charge is 0.487 e. The Morgan fingerprint density at radius 2 is 2.00 bits per heavy atom. The number of rotatable bonds is 4. The molecule has 2 aromatic carbocycles. The minimum Gasteiger partial charge on any atom is -0.487 e. The lowest BCUT2D eigenvalue weighted by molar-refractivity contribution is 0.306. The van der Waals surface area contributed by atoms with Gasteiger partial charge in [-0.15, -0.1) is 0 Å². The normalized spacial score (nSPS) is 10.2. The highest BCUT2D eigenvalue weighted by atomic mass is 35.5. The minimum absolute atomic E-state index is 0.0366. The number of ether oxygens (including phenoxy) is 1. The topological polar surface area (TPSA) is 59.1 Å². The number of benzene rings is 2. The monoisotopic (exact) mass is 274 g/mol. The van der Waals surface area contributed by atoms with Crippen LogP contribution in [0, 0.1) is 12.3 Å². The van der Waals surface area contributed by atoms with E-state index in [1.165, 1.54) is 0 Å². The first-order valence-electron chi connectivity index (χ1n) is 5.89. The van der Waals surface area contributed by atoms with E-state index >= 15 is 0 Å². The standard InChI is InChI=1S/C15H15ClN2O/c1-10-6-7-13(16)14(8-10)19-9-11-4-2-3-5-12(11)15(17)18/h2-8H,9H2,1H3,(H3,17,18). The maximum absolute atomic E-state index is 7.53. The number of aryl methyl sites for hydroxylation is 1. The van der Waals surface area contributed by atoms with Gasteiger partial charge < -0.3 is 10.5 Å². The number of halogens is 1. The van der Waals surface area contributed by atoms with E-state index in [0.29, 0.717) is 22.9 Å². The Hall–Kier alpha value is -2.00. The third-order valence-electron chi connectivity index (χ3n) is 2.78. The summed E-state index contributed by atoms with van der Waals surface area (Å²) in [7, 11) is 0. The van der Waals surface area contributed by atoms with E-state index in [2.05, 4.69) is 0 Å². The zero-order valence-electron chi connectivity index (χ0n) is 10.6. The van der Waals surface area contributed by atoms with Gasteiger partial charge in [-0.05, 0) is 24.6 Å². The Morgan fingerprint density at radius 3 is 2.74 bits per heavy atom. The number of amidine groups is 1. The Bertz CT molecular complexity index is 611. The van der Waals surface area contributed by atoms with Crippen LogP contribution in [-0.2, 0) is 6.61 Å². The predicted octanol–water partition coefficient (Wildman–Crippen LogP) is 3.51. The molecule has 0 saturated carbocycles. The van der Waals surface area contributed by atoms with Crippen LogP contribution in [0.1, 0.15) is 16.7 Å². The molecule has 0 aromatic heterocycles. The number of nitrogens with two attached hydrogens (primary N) is 1. The highest BCUT2D eigenvalue weighted by molar-refractivity contribution is 6.32. The van der Waals surface area contributed by atoms with Crippen molar-refractivity contribution in [1.29, 1.82) is 5.41 Å². The van der Waals surface area contributed by atoms with Crippen LogP contribution in [0.3, 0.4) is 0 Å². The zero-order chi connectivity index (χ0) is 13.8. The molecule has 3 nitrogen and oxygen atoms in total. The molecule has 0 radical (unpaired) electrons. The highest BCUT2D eigenvalue weighted by Crippen LogP contribution is 2.26. The summed E-state index contributed by atoms with van der Waals surface area (Å²) in [6.07, 6.45) is 0. The molecule has 0 aliphatic rings. The average molecular weight is 275 g/mol. The van der Waals surface area contributed by atoms with Crippen molar-refractivity contribution in [1.82, 2.24) is 0 Å². The molecule has 0 unspecified atom stereocenters. The van der Waals surface area contributed by atoms with Gasteiger partial charge in [0.2, 0.25) is 0 Å². The van der Waals surface area contributed by atoms with Gasteiger partial charge in [0.1, 0.15) is 18.2 Å². The molecule has 2 aromatic rings. The van der Waals surface area contributed by atoms with Crippen LogP contribution in [0.25, 0.3) is 0 Å². The first-order chi connectivity index (χ1) is 9.08. The number of hydrogen-bond donors (Lipinski definition) is 2. The van der Waals surface area contributed by atoms with Gasteiger partial charge in [-0.25, -0.2) is 0 Å². The van der Waals surface area contributed by atoms with Gasteiger partial charge in [0.15, 0.2) is 0 Å². The molecule has 19 heavy (non-hydrogen) atoms. The molecule has 0 spiro atoms. The third-order valence-corrected chi connectivity index (χ3v) is 3.09. The fraction of sp³-hybridized carbons (Fsp3) is 0.133. The van der Waals surface area contributed by atoms with Crippen molar-refractivity contribution in [2.75, 3.05) is 0 Å². The minimum atomic E-state index is 0.0366. The summed E-state index contributed by atoms with van der Waals surface area (Å²) in [6.45, 7) is 2.31. The van der Waals surface area contributed by atoms with E-state index < -0.39 is 0 Å². The third kappa shape index (κ3) is 3.26. The van der Waals surface area contributed by atoms with Crippen LogP contribution >= 0.6 is 11.6 Å². The summed E-state index contributed by atoms with van der Waals surface area (Å²) < 4.78 is 5.71. The Kier molecular flexibility index (Phi) is 4.07. The van der Waals surface area contributed by atoms with Crippen LogP contribution in [0.4, 0.5) is 0 Å². The quantitative estimate of drug-likeness (QED) is 0.662. The number of nitrogen functional groups attached to an aromatic ring is 1. The molecule has 0 fully saturated rings. The molecule has 4 heteroatoms. The van der Waals surface area contributed by atoms with E-state index in [1.807, 2.05) is 43.3 Å². The fourth-order valence-electron chi connectivity index (χ4n) is 1.79. The maximum atomic E-state index is 7.53. The van der Waals surface area contributed by atoms with E-state index in [0.717, 1.165) is 11.1 Å². The molecular weight excluding hydrogens is 260 g/mol. The SMILES string of the molecule is Cc1ccc(Cl)c(OCc2ccccc2C(=N)N)c1. The molecule has 0 aliphatic carbocycles. The highest BCUT2D eigenvalue weighted by Gasteiger charge is 2.07. The Morgan fingerprint density at radius 1 is 1.26 bits per heavy atom. The number of nitrogens with one attached hydrogen (secondary N) is 1. The van der Waals surface area contributed by atoms with E-state index in [4.69, 9.17) is 27.5 Å². The molecule has 0 atom stereocenters. The van der Waals surface area contributed by atoms with Gasteiger partial charge in [0, 0.05) is 11.1 Å². The summed E-state index contributed by atoms with van der Waals surface area (Å²) in [5, 5.41) is 8.11. The van der Waals surface area contributed by atoms with E-state index in [9.17, 15) is 0 Å². The zero-order valence-corrected chi connectivity index (χ0v) is 11.4. The van der Waals surface area contributed by atoms with Crippen molar-refractivity contribution in [3.05, 3.63) is 64.2 Å². The first kappa shape index (κ1) is 13.4. The van der Waals surface area contributed by atoms with Crippen LogP contribution in [-0.4, -0.2) is 5.84 Å². The molecular formula is C15H15ClN2O. The first-order valence-corrected chi connectivity index (χ1v) is 6.27. The van der Waals surface area contributed by atoms with Crippen LogP contribution in [0.15, 0.2) is 42.5 Å². The van der Waals surface area contributed by atoms with Gasteiger partial charge >= 0.3 is 0 Å². The summed E-state index contributed by atoms with van der Waals surface area (Å²) in [4.78, 5) is 0. The van der Waals surface area contributed by atoms with E-state index in [-0.39, 0.29) is 5.84 Å². The maximum Gasteiger partial charge on any atom is 0.138 e. The fourth-order valence-corrected chi connectivity index (χ4v) is 1.96. The van der Waals surface area contributed by atoms with Crippen LogP contribution in [0.2, 0.25) is 5.02 Å². The molecule has 0 heterocycles. The van der Waals surface area contributed by atoms with Crippen molar-refractivity contribution in [3.63, 3.8) is 0 Å². The van der Waals surface area contributed by atoms with Gasteiger partial charge in [0.25, 0.3) is 0 Å². The molecule has 0 saturated heterocycles. The molecule has 3 N–H and O–H groups in total. The second kappa shape index (κ2) is 5.76. The van der Waals surface area contributed by atoms with E-state index in [1.54, 1.807) is 6.07 Å². The Labute approximate surface area is 117 Å². The summed E-state index contributed by atoms with van der Waals surface area (Å²) >= 11 is 6.07. The lowest BCUT2D eigenvalue weighted by Gasteiger charge is -2.11. The second-order valence-electron chi connectivity index (χ2n) is 4.29. The molecule has 0 bridgehead atoms. The van der Waals surface area contributed by atoms with Crippen molar-refractivity contribution < 1.29 is 4.74 Å². The van der Waals surface area contributed by atoms with Crippen molar-refractivity contribution in [2.45, 2.75) is 13.5 Å². The average Bonchev–Trinajstić information content (AvgIpc) is 2.40. The molecule has 98 valence electrons. The molecule has 0 amide bonds. The van der Waals surface area contributed by atoms with Gasteiger partial charge in [-0.3, -0.25) is 5.41 Å². The van der Waals surface area contributed by atoms with Crippen molar-refractivity contribution in [3.8, 4) is 5.75 Å². The lowest BCUT2D eigenvalue weighted by atomic mass is 10.1. The predicted molar refractivity (Wildman–Crippen MR) is 78.0 cm³/mol. The smallest absolute Gasteiger partial charge is 0.138 e. The van der Waals surface area contributed by atoms with Gasteiger partial charge in [-0.1, -0.05) is 41.9 Å². The summed E-state index contributed by atoms with van der Waals surface area (Å²) in [6, 6.07) is 13.1. The van der Waals surface area contributed by atoms with Gasteiger partial charge in [-0.2, -0.15) is 0 Å². The molecule has 2 rings (SSSR count). The van der Waals surface area contributed by atoms with Crippen molar-refractivity contribution in [2.24, 2.45) is 5.73 Å². The lowest BCUT2D eigenvalue weighted by Crippen LogP contribution is -2.14. The summed E-state index contributed by atoms with van der Waals surface area (Å²) in [5.41, 5.74) is 8.18. The molecule has 0 aliphatic heterocycles.